The number of hydrogen-bond acceptors (Lipinski definition) is 11. The van der Waals surface area contributed by atoms with Crippen LogP contribution in [0.3, 0.4) is 0 Å². The minimum atomic E-state index is -1.10. The second kappa shape index (κ2) is 12.1. The van der Waals surface area contributed by atoms with Crippen LogP contribution in [0.5, 0.6) is 23.0 Å². The van der Waals surface area contributed by atoms with E-state index < -0.39 is 40.6 Å². The molecule has 0 atom stereocenters. The number of carboxylic acids is 1. The van der Waals surface area contributed by atoms with Crippen LogP contribution >= 0.6 is 0 Å². The standard InChI is InChI=1S/C13H17NO5.C9H9NO5/c1-13(2,3)19-11(18)5-4-9(16)12-10(17)6-8(15)7-14-12;11-5-3-7(13)9(10-4-5)6(12)1-2-8(14)15/h6-7,15,17H,4-5H2,1-3H3;3-4,11,13H,1-2H2,(H,14,15). The Morgan fingerprint density at radius 3 is 1.53 bits per heavy atom. The molecule has 0 amide bonds. The largest absolute Gasteiger partial charge is 0.506 e. The van der Waals surface area contributed by atoms with Gasteiger partial charge in [0.1, 0.15) is 40.0 Å². The fourth-order valence-corrected chi connectivity index (χ4v) is 2.38. The van der Waals surface area contributed by atoms with E-state index in [1.165, 1.54) is 0 Å². The molecule has 0 aliphatic carbocycles. The zero-order valence-corrected chi connectivity index (χ0v) is 18.8. The molecule has 0 bridgehead atoms. The SMILES string of the molecule is CC(C)(C)OC(=O)CCC(=O)c1ncc(O)cc1O.O=C(O)CCC(=O)c1ncc(O)cc1O. The summed E-state index contributed by atoms with van der Waals surface area (Å²) in [6, 6.07) is 1.99. The summed E-state index contributed by atoms with van der Waals surface area (Å²) in [5.74, 6) is -4.00. The van der Waals surface area contributed by atoms with Gasteiger partial charge >= 0.3 is 11.9 Å². The number of rotatable bonds is 8. The van der Waals surface area contributed by atoms with Crippen LogP contribution in [0, 0.1) is 0 Å². The average molecular weight is 478 g/mol. The molecule has 0 radical (unpaired) electrons. The maximum Gasteiger partial charge on any atom is 0.306 e. The van der Waals surface area contributed by atoms with E-state index in [-0.39, 0.29) is 48.6 Å². The smallest absolute Gasteiger partial charge is 0.306 e. The Morgan fingerprint density at radius 2 is 1.18 bits per heavy atom. The molecule has 2 rings (SSSR count). The summed E-state index contributed by atoms with van der Waals surface area (Å²) in [5, 5.41) is 45.0. The summed E-state index contributed by atoms with van der Waals surface area (Å²) in [5.41, 5.74) is -0.991. The molecule has 12 nitrogen and oxygen atoms in total. The highest BCUT2D eigenvalue weighted by Gasteiger charge is 2.19. The highest BCUT2D eigenvalue weighted by atomic mass is 16.6. The third-order valence-electron chi connectivity index (χ3n) is 3.78. The Balaban J connectivity index is 0.000000350. The molecule has 2 aromatic rings. The van der Waals surface area contributed by atoms with Crippen molar-refractivity contribution < 1.29 is 49.4 Å². The lowest BCUT2D eigenvalue weighted by molar-refractivity contribution is -0.154. The van der Waals surface area contributed by atoms with E-state index in [0.29, 0.717) is 0 Å². The maximum atomic E-state index is 11.7. The Kier molecular flexibility index (Phi) is 9.93. The zero-order valence-electron chi connectivity index (χ0n) is 18.8. The first-order valence-corrected chi connectivity index (χ1v) is 9.95. The number of esters is 1. The van der Waals surface area contributed by atoms with Crippen LogP contribution in [-0.4, -0.2) is 64.6 Å². The second-order valence-electron chi connectivity index (χ2n) is 7.95. The van der Waals surface area contributed by atoms with Gasteiger partial charge in [0.15, 0.2) is 11.6 Å². The third kappa shape index (κ3) is 9.94. The van der Waals surface area contributed by atoms with Gasteiger partial charge in [-0.15, -0.1) is 0 Å². The van der Waals surface area contributed by atoms with Crippen LogP contribution in [0.4, 0.5) is 0 Å². The van der Waals surface area contributed by atoms with Crippen molar-refractivity contribution in [2.24, 2.45) is 0 Å². The Morgan fingerprint density at radius 1 is 0.765 bits per heavy atom. The van der Waals surface area contributed by atoms with Gasteiger partial charge in [0.25, 0.3) is 0 Å². The number of carbonyl (C=O) groups excluding carboxylic acids is 3. The fraction of sp³-hybridized carbons (Fsp3) is 0.364. The molecule has 0 spiro atoms. The Hall–Kier alpha value is -4.22. The molecule has 12 heteroatoms. The van der Waals surface area contributed by atoms with Crippen molar-refractivity contribution >= 4 is 23.5 Å². The molecule has 5 N–H and O–H groups in total. The third-order valence-corrected chi connectivity index (χ3v) is 3.78. The molecule has 0 saturated carbocycles. The van der Waals surface area contributed by atoms with E-state index in [2.05, 4.69) is 9.97 Å². The predicted molar refractivity (Wildman–Crippen MR) is 116 cm³/mol. The average Bonchev–Trinajstić information content (AvgIpc) is 2.69. The number of ether oxygens (including phenoxy) is 1. The van der Waals surface area contributed by atoms with Crippen LogP contribution in [-0.2, 0) is 14.3 Å². The van der Waals surface area contributed by atoms with Gasteiger partial charge in [-0.1, -0.05) is 0 Å². The van der Waals surface area contributed by atoms with Gasteiger partial charge in [-0.25, -0.2) is 9.97 Å². The number of aromatic hydroxyl groups is 4. The van der Waals surface area contributed by atoms with Gasteiger partial charge in [0.05, 0.1) is 25.2 Å². The lowest BCUT2D eigenvalue weighted by Crippen LogP contribution is -2.24. The highest BCUT2D eigenvalue weighted by molar-refractivity contribution is 5.98. The summed E-state index contributed by atoms with van der Waals surface area (Å²) in [6.07, 6.45) is 1.31. The van der Waals surface area contributed by atoms with Crippen LogP contribution in [0.2, 0.25) is 0 Å². The fourth-order valence-electron chi connectivity index (χ4n) is 2.38. The van der Waals surface area contributed by atoms with Crippen molar-refractivity contribution in [3.05, 3.63) is 35.9 Å². The molecule has 0 aliphatic heterocycles. The van der Waals surface area contributed by atoms with Crippen LogP contribution < -0.4 is 0 Å². The molecule has 0 saturated heterocycles. The van der Waals surface area contributed by atoms with Crippen molar-refractivity contribution in [3.8, 4) is 23.0 Å². The lowest BCUT2D eigenvalue weighted by atomic mass is 10.1. The summed E-state index contributed by atoms with van der Waals surface area (Å²) in [7, 11) is 0. The minimum Gasteiger partial charge on any atom is -0.506 e. The number of carbonyl (C=O) groups is 4. The molecular formula is C22H26N2O10. The van der Waals surface area contributed by atoms with Crippen molar-refractivity contribution in [2.75, 3.05) is 0 Å². The number of carboxylic acid groups (broad SMARTS) is 1. The lowest BCUT2D eigenvalue weighted by Gasteiger charge is -2.19. The maximum absolute atomic E-state index is 11.7. The molecule has 34 heavy (non-hydrogen) atoms. The number of hydrogen-bond donors (Lipinski definition) is 5. The van der Waals surface area contributed by atoms with E-state index in [1.807, 2.05) is 0 Å². The number of pyridine rings is 2. The molecule has 0 fully saturated rings. The number of aromatic nitrogens is 2. The molecule has 2 heterocycles. The van der Waals surface area contributed by atoms with Crippen molar-refractivity contribution in [2.45, 2.75) is 52.1 Å². The van der Waals surface area contributed by atoms with Crippen molar-refractivity contribution in [1.29, 1.82) is 0 Å². The van der Waals surface area contributed by atoms with E-state index in [1.54, 1.807) is 20.8 Å². The number of aliphatic carboxylic acids is 1. The topological polar surface area (TPSA) is 204 Å². The van der Waals surface area contributed by atoms with Gasteiger partial charge in [0, 0.05) is 25.0 Å². The Bertz CT molecular complexity index is 1060. The molecule has 0 aliphatic rings. The van der Waals surface area contributed by atoms with E-state index in [0.717, 1.165) is 24.5 Å². The summed E-state index contributed by atoms with van der Waals surface area (Å²) < 4.78 is 5.06. The van der Waals surface area contributed by atoms with E-state index in [9.17, 15) is 29.4 Å². The van der Waals surface area contributed by atoms with Crippen LogP contribution in [0.15, 0.2) is 24.5 Å². The number of Topliss-reactive ketones (excluding diaryl/α,β-unsaturated/α-hetero) is 2. The van der Waals surface area contributed by atoms with E-state index >= 15 is 0 Å². The number of nitrogens with zero attached hydrogens (tertiary/aromatic N) is 2. The molecule has 2 aromatic heterocycles. The van der Waals surface area contributed by atoms with Crippen LogP contribution in [0.25, 0.3) is 0 Å². The first kappa shape index (κ1) is 27.8. The summed E-state index contributed by atoms with van der Waals surface area (Å²) in [4.78, 5) is 51.8. The van der Waals surface area contributed by atoms with Gasteiger partial charge in [-0.3, -0.25) is 19.2 Å². The monoisotopic (exact) mass is 478 g/mol. The van der Waals surface area contributed by atoms with Gasteiger partial charge < -0.3 is 30.3 Å². The molecule has 184 valence electrons. The summed E-state index contributed by atoms with van der Waals surface area (Å²) in [6.45, 7) is 5.21. The highest BCUT2D eigenvalue weighted by Crippen LogP contribution is 2.22. The molecule has 0 unspecified atom stereocenters. The number of ketones is 2. The predicted octanol–water partition coefficient (Wildman–Crippen LogP) is 2.34. The molecule has 0 aromatic carbocycles. The first-order chi connectivity index (χ1) is 15.7. The van der Waals surface area contributed by atoms with Gasteiger partial charge in [0.2, 0.25) is 0 Å². The van der Waals surface area contributed by atoms with Crippen LogP contribution in [0.1, 0.15) is 67.4 Å². The van der Waals surface area contributed by atoms with Gasteiger partial charge in [-0.2, -0.15) is 0 Å². The minimum absolute atomic E-state index is 0.0852. The van der Waals surface area contributed by atoms with Crippen molar-refractivity contribution in [3.63, 3.8) is 0 Å². The zero-order chi connectivity index (χ0) is 26.1. The summed E-state index contributed by atoms with van der Waals surface area (Å²) >= 11 is 0. The van der Waals surface area contributed by atoms with E-state index in [4.69, 9.17) is 20.1 Å². The molecular weight excluding hydrogens is 452 g/mol. The quantitative estimate of drug-likeness (QED) is 0.274. The second-order valence-corrected chi connectivity index (χ2v) is 7.95. The van der Waals surface area contributed by atoms with Crippen molar-refractivity contribution in [1.82, 2.24) is 9.97 Å². The Labute approximate surface area is 194 Å². The normalized spacial score (nSPS) is 10.6. The van der Waals surface area contributed by atoms with Gasteiger partial charge in [-0.05, 0) is 20.8 Å². The first-order valence-electron chi connectivity index (χ1n) is 9.95.